The molecule has 0 aromatic heterocycles. The standard InChI is InChI=1S/C29H36F2N4O4S/c1-3-40(38,39)33-22-5-7-24(26(19-22)34-14-10-28(8-9-28)11-15-34)27(37)32-21-4-6-23(20(2)36)25(18-21)35-16-12-29(30,31)13-17-35/h4-7,18-19,33H,3,8-17H2,1-2H3,(H,32,37). The number of hydrogen-bond acceptors (Lipinski definition) is 6. The summed E-state index contributed by atoms with van der Waals surface area (Å²) in [6.45, 7) is 4.77. The number of benzene rings is 2. The van der Waals surface area contributed by atoms with Gasteiger partial charge >= 0.3 is 0 Å². The number of carbonyl (C=O) groups is 2. The van der Waals surface area contributed by atoms with E-state index in [4.69, 9.17) is 0 Å². The van der Waals surface area contributed by atoms with Crippen LogP contribution < -0.4 is 19.8 Å². The van der Waals surface area contributed by atoms with Crippen LogP contribution in [0.15, 0.2) is 36.4 Å². The number of alkyl halides is 2. The van der Waals surface area contributed by atoms with Crippen molar-refractivity contribution in [2.24, 2.45) is 5.41 Å². The summed E-state index contributed by atoms with van der Waals surface area (Å²) in [5, 5.41) is 2.92. The zero-order chi connectivity index (χ0) is 28.7. The highest BCUT2D eigenvalue weighted by Crippen LogP contribution is 2.54. The van der Waals surface area contributed by atoms with Crippen LogP contribution in [-0.4, -0.2) is 58.0 Å². The van der Waals surface area contributed by atoms with Crippen molar-refractivity contribution in [2.75, 3.05) is 51.8 Å². The minimum Gasteiger partial charge on any atom is -0.371 e. The molecule has 0 unspecified atom stereocenters. The molecular formula is C29H36F2N4O4S. The van der Waals surface area contributed by atoms with E-state index in [1.165, 1.54) is 19.8 Å². The lowest BCUT2D eigenvalue weighted by molar-refractivity contribution is -0.0220. The van der Waals surface area contributed by atoms with Gasteiger partial charge in [-0.05, 0) is 81.3 Å². The zero-order valence-corrected chi connectivity index (χ0v) is 23.8. The van der Waals surface area contributed by atoms with Crippen LogP contribution in [0.4, 0.5) is 31.5 Å². The Labute approximate surface area is 234 Å². The highest BCUT2D eigenvalue weighted by Gasteiger charge is 2.44. The summed E-state index contributed by atoms with van der Waals surface area (Å²) >= 11 is 0. The van der Waals surface area contributed by atoms with Crippen molar-refractivity contribution in [1.82, 2.24) is 0 Å². The summed E-state index contributed by atoms with van der Waals surface area (Å²) in [6, 6.07) is 9.83. The average molecular weight is 575 g/mol. The molecule has 2 aliphatic heterocycles. The number of nitrogens with zero attached hydrogens (tertiary/aromatic N) is 2. The van der Waals surface area contributed by atoms with Gasteiger partial charge in [-0.15, -0.1) is 0 Å². The summed E-state index contributed by atoms with van der Waals surface area (Å²) in [7, 11) is -3.49. The van der Waals surface area contributed by atoms with Crippen molar-refractivity contribution in [1.29, 1.82) is 0 Å². The minimum atomic E-state index is -3.49. The maximum atomic E-state index is 13.8. The van der Waals surface area contributed by atoms with E-state index in [-0.39, 0.29) is 43.4 Å². The number of anilines is 4. The van der Waals surface area contributed by atoms with E-state index in [1.54, 1.807) is 48.2 Å². The first-order valence-electron chi connectivity index (χ1n) is 13.9. The summed E-state index contributed by atoms with van der Waals surface area (Å²) < 4.78 is 54.6. The van der Waals surface area contributed by atoms with Crippen molar-refractivity contribution >= 4 is 44.5 Å². The second-order valence-corrected chi connectivity index (χ2v) is 13.3. The van der Waals surface area contributed by atoms with E-state index in [2.05, 4.69) is 14.9 Å². The summed E-state index contributed by atoms with van der Waals surface area (Å²) in [4.78, 5) is 29.8. The van der Waals surface area contributed by atoms with E-state index in [1.807, 2.05) is 0 Å². The molecule has 40 heavy (non-hydrogen) atoms. The molecule has 216 valence electrons. The van der Waals surface area contributed by atoms with Crippen LogP contribution in [0.1, 0.15) is 73.1 Å². The molecule has 3 aliphatic rings. The van der Waals surface area contributed by atoms with Gasteiger partial charge in [-0.1, -0.05) is 0 Å². The van der Waals surface area contributed by atoms with E-state index < -0.39 is 15.9 Å². The third kappa shape index (κ3) is 6.24. The number of amides is 1. The molecule has 8 nitrogen and oxygen atoms in total. The minimum absolute atomic E-state index is 0.0654. The predicted octanol–water partition coefficient (Wildman–Crippen LogP) is 5.52. The number of hydrogen-bond donors (Lipinski definition) is 2. The lowest BCUT2D eigenvalue weighted by Crippen LogP contribution is -2.40. The number of piperidine rings is 2. The highest BCUT2D eigenvalue weighted by molar-refractivity contribution is 7.92. The molecule has 1 amide bonds. The van der Waals surface area contributed by atoms with Crippen LogP contribution >= 0.6 is 0 Å². The third-order valence-electron chi connectivity index (χ3n) is 8.49. The first-order valence-corrected chi connectivity index (χ1v) is 15.5. The number of halogens is 2. The Hall–Kier alpha value is -3.21. The number of carbonyl (C=O) groups excluding carboxylic acids is 2. The fourth-order valence-electron chi connectivity index (χ4n) is 5.64. The Kier molecular flexibility index (Phi) is 7.54. The molecule has 2 aromatic rings. The van der Waals surface area contributed by atoms with E-state index in [9.17, 15) is 26.8 Å². The quantitative estimate of drug-likeness (QED) is 0.403. The van der Waals surface area contributed by atoms with Crippen LogP contribution in [0, 0.1) is 5.41 Å². The van der Waals surface area contributed by atoms with Gasteiger partial charge in [0.25, 0.3) is 11.8 Å². The van der Waals surface area contributed by atoms with Gasteiger partial charge in [0.05, 0.1) is 22.7 Å². The van der Waals surface area contributed by atoms with Gasteiger partial charge in [-0.2, -0.15) is 0 Å². The molecule has 5 rings (SSSR count). The lowest BCUT2D eigenvalue weighted by Gasteiger charge is -2.35. The van der Waals surface area contributed by atoms with Crippen molar-refractivity contribution in [2.45, 2.75) is 58.3 Å². The lowest BCUT2D eigenvalue weighted by atomic mass is 9.93. The Balaban J connectivity index is 1.42. The summed E-state index contributed by atoms with van der Waals surface area (Å²) in [6.07, 6.45) is 3.94. The van der Waals surface area contributed by atoms with Gasteiger partial charge in [0.2, 0.25) is 10.0 Å². The topological polar surface area (TPSA) is 98.8 Å². The normalized spacial score (nSPS) is 19.8. The Morgan fingerprint density at radius 2 is 1.35 bits per heavy atom. The molecular weight excluding hydrogens is 538 g/mol. The monoisotopic (exact) mass is 574 g/mol. The molecule has 1 saturated carbocycles. The second-order valence-electron chi connectivity index (χ2n) is 11.3. The molecule has 0 atom stereocenters. The Morgan fingerprint density at radius 3 is 1.93 bits per heavy atom. The molecule has 0 radical (unpaired) electrons. The van der Waals surface area contributed by atoms with Crippen LogP contribution in [0.2, 0.25) is 0 Å². The summed E-state index contributed by atoms with van der Waals surface area (Å²) in [5.74, 6) is -3.35. The molecule has 11 heteroatoms. The van der Waals surface area contributed by atoms with Gasteiger partial charge in [0.15, 0.2) is 5.78 Å². The van der Waals surface area contributed by atoms with E-state index in [0.29, 0.717) is 39.3 Å². The fraction of sp³-hybridized carbons (Fsp3) is 0.517. The highest BCUT2D eigenvalue weighted by atomic mass is 32.2. The Morgan fingerprint density at radius 1 is 0.825 bits per heavy atom. The second kappa shape index (κ2) is 10.6. The van der Waals surface area contributed by atoms with Crippen LogP contribution in [0.25, 0.3) is 0 Å². The largest absolute Gasteiger partial charge is 0.371 e. The molecule has 1 spiro atoms. The molecule has 2 N–H and O–H groups in total. The molecule has 2 heterocycles. The SMILES string of the molecule is CCS(=O)(=O)Nc1ccc(C(=O)Nc2ccc(C(C)=O)c(N3CCC(F)(F)CC3)c2)c(N2CCC3(CC2)CC3)c1. The first kappa shape index (κ1) is 28.3. The smallest absolute Gasteiger partial charge is 0.257 e. The molecule has 2 aromatic carbocycles. The van der Waals surface area contributed by atoms with Gasteiger partial charge < -0.3 is 15.1 Å². The van der Waals surface area contributed by atoms with Crippen molar-refractivity contribution < 1.29 is 26.8 Å². The van der Waals surface area contributed by atoms with Crippen molar-refractivity contribution in [3.63, 3.8) is 0 Å². The van der Waals surface area contributed by atoms with Crippen molar-refractivity contribution in [3.8, 4) is 0 Å². The number of ketones is 1. The molecule has 2 saturated heterocycles. The van der Waals surface area contributed by atoms with E-state index in [0.717, 1.165) is 25.9 Å². The van der Waals surface area contributed by atoms with E-state index >= 15 is 0 Å². The van der Waals surface area contributed by atoms with Crippen LogP contribution in [-0.2, 0) is 10.0 Å². The first-order chi connectivity index (χ1) is 18.9. The Bertz CT molecular complexity index is 1410. The van der Waals surface area contributed by atoms with Gasteiger partial charge in [-0.25, -0.2) is 17.2 Å². The van der Waals surface area contributed by atoms with Crippen LogP contribution in [0.5, 0.6) is 0 Å². The molecule has 3 fully saturated rings. The number of rotatable bonds is 8. The summed E-state index contributed by atoms with van der Waals surface area (Å²) in [5.41, 5.74) is 3.27. The van der Waals surface area contributed by atoms with Gasteiger partial charge in [-0.3, -0.25) is 14.3 Å². The van der Waals surface area contributed by atoms with Gasteiger partial charge in [0, 0.05) is 56.0 Å². The zero-order valence-electron chi connectivity index (χ0n) is 22.9. The van der Waals surface area contributed by atoms with Crippen LogP contribution in [0.3, 0.4) is 0 Å². The maximum Gasteiger partial charge on any atom is 0.257 e. The van der Waals surface area contributed by atoms with Crippen molar-refractivity contribution in [3.05, 3.63) is 47.5 Å². The van der Waals surface area contributed by atoms with Gasteiger partial charge in [0.1, 0.15) is 0 Å². The maximum absolute atomic E-state index is 13.8. The average Bonchev–Trinajstić information content (AvgIpc) is 3.67. The number of Topliss-reactive ketones (excluding diaryl/α,β-unsaturated/α-hetero) is 1. The molecule has 1 aliphatic carbocycles. The fourth-order valence-corrected chi connectivity index (χ4v) is 6.27. The predicted molar refractivity (Wildman–Crippen MR) is 153 cm³/mol. The number of sulfonamides is 1. The number of nitrogens with one attached hydrogen (secondary N) is 2. The third-order valence-corrected chi connectivity index (χ3v) is 9.79. The molecule has 0 bridgehead atoms.